The number of hydrogen-bond donors (Lipinski definition) is 1. The van der Waals surface area contributed by atoms with Gasteiger partial charge in [0.15, 0.2) is 0 Å². The highest BCUT2D eigenvalue weighted by molar-refractivity contribution is 4.87. The molecule has 0 radical (unpaired) electrons. The standard InChI is InChI=1S/C13H26N2O/c1-15-9-5-6-11(10-15)14-12-7-3-4-8-13(12)16-2/h11-14H,3-10H2,1-2H3. The van der Waals surface area contributed by atoms with Gasteiger partial charge in [-0.3, -0.25) is 0 Å². The normalized spacial score (nSPS) is 37.5. The highest BCUT2D eigenvalue weighted by Gasteiger charge is 2.28. The molecule has 2 aliphatic rings. The lowest BCUT2D eigenvalue weighted by Gasteiger charge is -2.37. The fourth-order valence-electron chi connectivity index (χ4n) is 3.17. The van der Waals surface area contributed by atoms with Crippen LogP contribution in [0.25, 0.3) is 0 Å². The van der Waals surface area contributed by atoms with Crippen LogP contribution in [0.15, 0.2) is 0 Å². The Morgan fingerprint density at radius 2 is 1.94 bits per heavy atom. The van der Waals surface area contributed by atoms with E-state index in [-0.39, 0.29) is 0 Å². The van der Waals surface area contributed by atoms with Gasteiger partial charge >= 0.3 is 0 Å². The molecule has 1 saturated carbocycles. The Morgan fingerprint density at radius 3 is 2.69 bits per heavy atom. The van der Waals surface area contributed by atoms with Gasteiger partial charge in [-0.05, 0) is 39.3 Å². The van der Waals surface area contributed by atoms with E-state index in [4.69, 9.17) is 4.74 Å². The summed E-state index contributed by atoms with van der Waals surface area (Å²) in [5.41, 5.74) is 0. The lowest BCUT2D eigenvalue weighted by Crippen LogP contribution is -2.52. The van der Waals surface area contributed by atoms with Crippen molar-refractivity contribution in [2.24, 2.45) is 0 Å². The van der Waals surface area contributed by atoms with Crippen molar-refractivity contribution in [2.45, 2.75) is 56.7 Å². The van der Waals surface area contributed by atoms with E-state index in [0.717, 1.165) is 0 Å². The van der Waals surface area contributed by atoms with Crippen molar-refractivity contribution >= 4 is 0 Å². The molecule has 0 amide bonds. The van der Waals surface area contributed by atoms with Crippen LogP contribution in [-0.2, 0) is 4.74 Å². The molecule has 2 fully saturated rings. The number of rotatable bonds is 3. The van der Waals surface area contributed by atoms with Gasteiger partial charge in [0.2, 0.25) is 0 Å². The molecular weight excluding hydrogens is 200 g/mol. The predicted octanol–water partition coefficient (Wildman–Crippen LogP) is 1.63. The maximum Gasteiger partial charge on any atom is 0.0724 e. The first-order chi connectivity index (χ1) is 7.79. The van der Waals surface area contributed by atoms with E-state index in [1.807, 2.05) is 7.11 Å². The number of nitrogens with zero attached hydrogens (tertiary/aromatic N) is 1. The summed E-state index contributed by atoms with van der Waals surface area (Å²) in [5, 5.41) is 3.82. The number of likely N-dealkylation sites (N-methyl/N-ethyl adjacent to an activating group) is 1. The molecule has 0 aromatic carbocycles. The van der Waals surface area contributed by atoms with E-state index in [1.165, 1.54) is 51.6 Å². The van der Waals surface area contributed by atoms with E-state index in [0.29, 0.717) is 18.2 Å². The molecule has 0 bridgehead atoms. The van der Waals surface area contributed by atoms with Crippen LogP contribution >= 0.6 is 0 Å². The molecule has 2 rings (SSSR count). The highest BCUT2D eigenvalue weighted by atomic mass is 16.5. The summed E-state index contributed by atoms with van der Waals surface area (Å²) in [5.74, 6) is 0. The van der Waals surface area contributed by atoms with Crippen LogP contribution in [0.5, 0.6) is 0 Å². The van der Waals surface area contributed by atoms with Crippen molar-refractivity contribution in [2.75, 3.05) is 27.2 Å². The number of nitrogens with one attached hydrogen (secondary N) is 1. The van der Waals surface area contributed by atoms with Crippen molar-refractivity contribution in [3.05, 3.63) is 0 Å². The molecule has 94 valence electrons. The zero-order valence-electron chi connectivity index (χ0n) is 10.7. The summed E-state index contributed by atoms with van der Waals surface area (Å²) in [4.78, 5) is 2.44. The van der Waals surface area contributed by atoms with Crippen molar-refractivity contribution in [3.8, 4) is 0 Å². The number of piperidine rings is 1. The third kappa shape index (κ3) is 3.19. The number of methoxy groups -OCH3 is 1. The number of ether oxygens (including phenoxy) is 1. The number of likely N-dealkylation sites (tertiary alicyclic amines) is 1. The predicted molar refractivity (Wildman–Crippen MR) is 66.7 cm³/mol. The van der Waals surface area contributed by atoms with Crippen LogP contribution in [0, 0.1) is 0 Å². The summed E-state index contributed by atoms with van der Waals surface area (Å²) < 4.78 is 5.60. The molecule has 1 aliphatic carbocycles. The van der Waals surface area contributed by atoms with Crippen LogP contribution in [0.2, 0.25) is 0 Å². The van der Waals surface area contributed by atoms with Gasteiger partial charge in [-0.15, -0.1) is 0 Å². The SMILES string of the molecule is COC1CCCCC1NC1CCCN(C)C1. The maximum atomic E-state index is 5.60. The molecule has 1 heterocycles. The largest absolute Gasteiger partial charge is 0.380 e. The second-order valence-electron chi connectivity index (χ2n) is 5.43. The van der Waals surface area contributed by atoms with Gasteiger partial charge in [-0.1, -0.05) is 12.8 Å². The third-order valence-corrected chi connectivity index (χ3v) is 4.08. The Kier molecular flexibility index (Phi) is 4.62. The molecule has 0 aromatic rings. The monoisotopic (exact) mass is 226 g/mol. The topological polar surface area (TPSA) is 24.5 Å². The summed E-state index contributed by atoms with van der Waals surface area (Å²) >= 11 is 0. The fourth-order valence-corrected chi connectivity index (χ4v) is 3.17. The average Bonchev–Trinajstić information content (AvgIpc) is 2.30. The second-order valence-corrected chi connectivity index (χ2v) is 5.43. The molecule has 16 heavy (non-hydrogen) atoms. The Labute approximate surface area is 99.5 Å². The molecule has 0 aromatic heterocycles. The minimum atomic E-state index is 0.445. The Morgan fingerprint density at radius 1 is 1.12 bits per heavy atom. The zero-order valence-corrected chi connectivity index (χ0v) is 10.7. The van der Waals surface area contributed by atoms with Gasteiger partial charge in [0, 0.05) is 25.7 Å². The van der Waals surface area contributed by atoms with E-state index in [1.54, 1.807) is 0 Å². The summed E-state index contributed by atoms with van der Waals surface area (Å²) in [6.07, 6.45) is 8.33. The second kappa shape index (κ2) is 5.99. The first-order valence-electron chi connectivity index (χ1n) is 6.77. The van der Waals surface area contributed by atoms with Crippen molar-refractivity contribution < 1.29 is 4.74 Å². The first-order valence-corrected chi connectivity index (χ1v) is 6.77. The molecular formula is C13H26N2O. The van der Waals surface area contributed by atoms with Crippen LogP contribution in [-0.4, -0.2) is 50.3 Å². The molecule has 3 nitrogen and oxygen atoms in total. The summed E-state index contributed by atoms with van der Waals surface area (Å²) in [7, 11) is 4.08. The van der Waals surface area contributed by atoms with Crippen LogP contribution in [0.3, 0.4) is 0 Å². The van der Waals surface area contributed by atoms with Crippen LogP contribution < -0.4 is 5.32 Å². The Bertz CT molecular complexity index is 210. The maximum absolute atomic E-state index is 5.60. The minimum absolute atomic E-state index is 0.445. The Hall–Kier alpha value is -0.120. The van der Waals surface area contributed by atoms with E-state index >= 15 is 0 Å². The lowest BCUT2D eigenvalue weighted by atomic mass is 9.91. The zero-order chi connectivity index (χ0) is 11.4. The molecule has 3 unspecified atom stereocenters. The smallest absolute Gasteiger partial charge is 0.0724 e. The fraction of sp³-hybridized carbons (Fsp3) is 1.00. The molecule has 3 heteroatoms. The van der Waals surface area contributed by atoms with Crippen LogP contribution in [0.1, 0.15) is 38.5 Å². The molecule has 1 saturated heterocycles. The quantitative estimate of drug-likeness (QED) is 0.791. The van der Waals surface area contributed by atoms with Gasteiger partial charge in [0.25, 0.3) is 0 Å². The van der Waals surface area contributed by atoms with Gasteiger partial charge < -0.3 is 15.0 Å². The Balaban J connectivity index is 1.82. The molecule has 1 N–H and O–H groups in total. The average molecular weight is 226 g/mol. The van der Waals surface area contributed by atoms with E-state index in [2.05, 4.69) is 17.3 Å². The minimum Gasteiger partial charge on any atom is -0.380 e. The van der Waals surface area contributed by atoms with Gasteiger partial charge in [0.05, 0.1) is 6.10 Å². The third-order valence-electron chi connectivity index (χ3n) is 4.08. The van der Waals surface area contributed by atoms with E-state index in [9.17, 15) is 0 Å². The highest BCUT2D eigenvalue weighted by Crippen LogP contribution is 2.22. The van der Waals surface area contributed by atoms with E-state index < -0.39 is 0 Å². The molecule has 3 atom stereocenters. The molecule has 0 spiro atoms. The van der Waals surface area contributed by atoms with Gasteiger partial charge in [-0.25, -0.2) is 0 Å². The van der Waals surface area contributed by atoms with Crippen LogP contribution in [0.4, 0.5) is 0 Å². The lowest BCUT2D eigenvalue weighted by molar-refractivity contribution is 0.0335. The van der Waals surface area contributed by atoms with Crippen molar-refractivity contribution in [1.82, 2.24) is 10.2 Å². The summed E-state index contributed by atoms with van der Waals surface area (Å²) in [6, 6.07) is 1.27. The first kappa shape index (κ1) is 12.3. The van der Waals surface area contributed by atoms with Gasteiger partial charge in [-0.2, -0.15) is 0 Å². The molecule has 1 aliphatic heterocycles. The van der Waals surface area contributed by atoms with Gasteiger partial charge in [0.1, 0.15) is 0 Å². The van der Waals surface area contributed by atoms with Crippen molar-refractivity contribution in [3.63, 3.8) is 0 Å². The van der Waals surface area contributed by atoms with Crippen molar-refractivity contribution in [1.29, 1.82) is 0 Å². The number of hydrogen-bond acceptors (Lipinski definition) is 3. The summed E-state index contributed by atoms with van der Waals surface area (Å²) in [6.45, 7) is 2.46.